The highest BCUT2D eigenvalue weighted by Crippen LogP contribution is 2.30. The van der Waals surface area contributed by atoms with E-state index in [9.17, 15) is 0 Å². The lowest BCUT2D eigenvalue weighted by Crippen LogP contribution is -2.46. The third-order valence-electron chi connectivity index (χ3n) is 3.54. The van der Waals surface area contributed by atoms with E-state index in [0.717, 1.165) is 29.2 Å². The number of thiocarbonyl (C=S) groups is 1. The number of nitrogens with zero attached hydrogens (tertiary/aromatic N) is 2. The van der Waals surface area contributed by atoms with Crippen LogP contribution in [0.3, 0.4) is 0 Å². The highest BCUT2D eigenvalue weighted by Gasteiger charge is 2.28. The Morgan fingerprint density at radius 3 is 2.94 bits per heavy atom. The van der Waals surface area contributed by atoms with Crippen LogP contribution in [0.15, 0.2) is 12.3 Å². The molecule has 2 heterocycles. The molecule has 0 amide bonds. The minimum atomic E-state index is 0.439. The number of pyridine rings is 1. The van der Waals surface area contributed by atoms with Crippen LogP contribution in [0.5, 0.6) is 0 Å². The maximum atomic E-state index is 5.86. The van der Waals surface area contributed by atoms with Crippen LogP contribution in [0.25, 0.3) is 0 Å². The zero-order chi connectivity index (χ0) is 13.3. The van der Waals surface area contributed by atoms with E-state index >= 15 is 0 Å². The summed E-state index contributed by atoms with van der Waals surface area (Å²) in [5.74, 6) is 2.07. The van der Waals surface area contributed by atoms with Gasteiger partial charge in [0.2, 0.25) is 0 Å². The van der Waals surface area contributed by atoms with Gasteiger partial charge in [0.15, 0.2) is 0 Å². The second-order valence-corrected chi connectivity index (χ2v) is 6.63. The van der Waals surface area contributed by atoms with E-state index in [-0.39, 0.29) is 0 Å². The average Bonchev–Trinajstić information content (AvgIpc) is 2.32. The molecule has 1 aliphatic heterocycles. The van der Waals surface area contributed by atoms with Gasteiger partial charge in [-0.2, -0.15) is 11.8 Å². The predicted molar refractivity (Wildman–Crippen MR) is 83.6 cm³/mol. The number of anilines is 1. The molecule has 1 saturated heterocycles. The first-order valence-corrected chi connectivity index (χ1v) is 7.61. The van der Waals surface area contributed by atoms with E-state index in [1.54, 1.807) is 0 Å². The Morgan fingerprint density at radius 2 is 2.28 bits per heavy atom. The quantitative estimate of drug-likeness (QED) is 0.843. The van der Waals surface area contributed by atoms with Crippen molar-refractivity contribution < 1.29 is 0 Å². The molecule has 0 radical (unpaired) electrons. The fourth-order valence-electron chi connectivity index (χ4n) is 2.30. The Hall–Kier alpha value is -0.810. The van der Waals surface area contributed by atoms with Crippen molar-refractivity contribution >= 4 is 34.8 Å². The first-order chi connectivity index (χ1) is 8.52. The number of hydrogen-bond acceptors (Lipinski definition) is 4. The van der Waals surface area contributed by atoms with Gasteiger partial charge in [0, 0.05) is 29.8 Å². The second-order valence-electron chi connectivity index (χ2n) is 4.70. The molecule has 2 rings (SSSR count). The molecule has 0 aromatic carbocycles. The number of rotatable bonds is 2. The minimum Gasteiger partial charge on any atom is -0.389 e. The molecular formula is C13H19N3S2. The van der Waals surface area contributed by atoms with E-state index in [0.29, 0.717) is 16.3 Å². The van der Waals surface area contributed by atoms with Gasteiger partial charge in [0.1, 0.15) is 10.8 Å². The molecule has 2 unspecified atom stereocenters. The smallest absolute Gasteiger partial charge is 0.139 e. The van der Waals surface area contributed by atoms with Gasteiger partial charge in [-0.25, -0.2) is 4.98 Å². The van der Waals surface area contributed by atoms with Gasteiger partial charge in [-0.3, -0.25) is 0 Å². The summed E-state index contributed by atoms with van der Waals surface area (Å²) < 4.78 is 0. The van der Waals surface area contributed by atoms with E-state index < -0.39 is 0 Å². The maximum absolute atomic E-state index is 5.86. The number of hydrogen-bond donors (Lipinski definition) is 1. The number of thioether (sulfide) groups is 1. The van der Waals surface area contributed by atoms with Crippen LogP contribution < -0.4 is 10.6 Å². The first-order valence-electron chi connectivity index (χ1n) is 6.16. The highest BCUT2D eigenvalue weighted by molar-refractivity contribution is 8.00. The average molecular weight is 281 g/mol. The molecule has 1 aliphatic rings. The largest absolute Gasteiger partial charge is 0.389 e. The van der Waals surface area contributed by atoms with E-state index in [1.807, 2.05) is 30.9 Å². The van der Waals surface area contributed by atoms with Gasteiger partial charge >= 0.3 is 0 Å². The van der Waals surface area contributed by atoms with Gasteiger partial charge in [-0.1, -0.05) is 19.1 Å². The zero-order valence-corrected chi connectivity index (χ0v) is 12.6. The minimum absolute atomic E-state index is 0.439. The molecule has 98 valence electrons. The fraction of sp³-hybridized carbons (Fsp3) is 0.538. The SMILES string of the molecule is Cc1ccnc(N2CCSC(C)C2C)c1C(N)=S. The van der Waals surface area contributed by atoms with E-state index in [2.05, 4.69) is 23.7 Å². The van der Waals surface area contributed by atoms with Crippen LogP contribution in [0.4, 0.5) is 5.82 Å². The summed E-state index contributed by atoms with van der Waals surface area (Å²) in [5, 5.41) is 0.597. The Balaban J connectivity index is 2.44. The molecule has 0 bridgehead atoms. The summed E-state index contributed by atoms with van der Waals surface area (Å²) in [6.45, 7) is 7.54. The molecule has 0 saturated carbocycles. The molecule has 0 aliphatic carbocycles. The van der Waals surface area contributed by atoms with Crippen molar-refractivity contribution in [3.8, 4) is 0 Å². The second kappa shape index (κ2) is 5.45. The molecule has 0 spiro atoms. The molecule has 2 atom stereocenters. The van der Waals surface area contributed by atoms with Crippen LogP contribution in [0.2, 0.25) is 0 Å². The number of nitrogens with two attached hydrogens (primary N) is 1. The molecule has 1 fully saturated rings. The van der Waals surface area contributed by atoms with Crippen molar-refractivity contribution in [2.45, 2.75) is 32.1 Å². The Morgan fingerprint density at radius 1 is 1.56 bits per heavy atom. The Labute approximate surface area is 118 Å². The van der Waals surface area contributed by atoms with Crippen molar-refractivity contribution in [3.63, 3.8) is 0 Å². The fourth-order valence-corrected chi connectivity index (χ4v) is 3.65. The molecule has 18 heavy (non-hydrogen) atoms. The van der Waals surface area contributed by atoms with Crippen molar-refractivity contribution in [3.05, 3.63) is 23.4 Å². The number of aromatic nitrogens is 1. The highest BCUT2D eigenvalue weighted by atomic mass is 32.2. The van der Waals surface area contributed by atoms with Gasteiger partial charge in [0.05, 0.1) is 5.56 Å². The summed E-state index contributed by atoms with van der Waals surface area (Å²) in [6.07, 6.45) is 1.84. The Kier molecular flexibility index (Phi) is 4.12. The maximum Gasteiger partial charge on any atom is 0.139 e. The van der Waals surface area contributed by atoms with Crippen molar-refractivity contribution in [1.82, 2.24) is 4.98 Å². The van der Waals surface area contributed by atoms with Crippen LogP contribution >= 0.6 is 24.0 Å². The Bertz CT molecular complexity index is 462. The van der Waals surface area contributed by atoms with Crippen LogP contribution in [0.1, 0.15) is 25.0 Å². The van der Waals surface area contributed by atoms with Crippen molar-refractivity contribution in [1.29, 1.82) is 0 Å². The van der Waals surface area contributed by atoms with Gasteiger partial charge in [0.25, 0.3) is 0 Å². The predicted octanol–water partition coefficient (Wildman–Crippen LogP) is 2.35. The van der Waals surface area contributed by atoms with Crippen molar-refractivity contribution in [2.75, 3.05) is 17.2 Å². The molecule has 1 aromatic rings. The summed E-state index contributed by atoms with van der Waals surface area (Å²) >= 11 is 7.19. The summed E-state index contributed by atoms with van der Waals surface area (Å²) in [7, 11) is 0. The third kappa shape index (κ3) is 2.47. The van der Waals surface area contributed by atoms with Gasteiger partial charge in [-0.05, 0) is 25.5 Å². The van der Waals surface area contributed by atoms with E-state index in [1.165, 1.54) is 0 Å². The lowest BCUT2D eigenvalue weighted by molar-refractivity contribution is 0.620. The van der Waals surface area contributed by atoms with Gasteiger partial charge in [-0.15, -0.1) is 0 Å². The summed E-state index contributed by atoms with van der Waals surface area (Å²) in [4.78, 5) is 7.29. The summed E-state index contributed by atoms with van der Waals surface area (Å²) in [5.41, 5.74) is 7.89. The topological polar surface area (TPSA) is 42.2 Å². The molecule has 1 aromatic heterocycles. The molecule has 5 heteroatoms. The van der Waals surface area contributed by atoms with Gasteiger partial charge < -0.3 is 10.6 Å². The van der Waals surface area contributed by atoms with Crippen LogP contribution in [-0.2, 0) is 0 Å². The molecule has 2 N–H and O–H groups in total. The van der Waals surface area contributed by atoms with Crippen molar-refractivity contribution in [2.24, 2.45) is 5.73 Å². The third-order valence-corrected chi connectivity index (χ3v) is 5.08. The van der Waals surface area contributed by atoms with E-state index in [4.69, 9.17) is 18.0 Å². The number of aryl methyl sites for hydroxylation is 1. The zero-order valence-electron chi connectivity index (χ0n) is 11.0. The standard InChI is InChI=1S/C13H19N3S2/c1-8-4-5-15-13(11(8)12(14)17)16-6-7-18-10(3)9(16)2/h4-5,9-10H,6-7H2,1-3H3,(H2,14,17). The molecule has 3 nitrogen and oxygen atoms in total. The van der Waals surface area contributed by atoms with Crippen LogP contribution in [-0.4, -0.2) is 33.6 Å². The summed E-state index contributed by atoms with van der Waals surface area (Å²) in [6, 6.07) is 2.41. The first kappa shape index (κ1) is 13.6. The molecular weight excluding hydrogens is 262 g/mol. The van der Waals surface area contributed by atoms with Crippen LogP contribution in [0, 0.1) is 6.92 Å². The normalized spacial score (nSPS) is 24.1. The lowest BCUT2D eigenvalue weighted by Gasteiger charge is -2.39. The monoisotopic (exact) mass is 281 g/mol. The lowest BCUT2D eigenvalue weighted by atomic mass is 10.1.